The van der Waals surface area contributed by atoms with E-state index in [0.29, 0.717) is 12.1 Å². The highest BCUT2D eigenvalue weighted by Gasteiger charge is 2.33. The van der Waals surface area contributed by atoms with Crippen molar-refractivity contribution in [1.82, 2.24) is 47.2 Å². The highest BCUT2D eigenvalue weighted by Crippen LogP contribution is 2.06. The molecule has 7 atom stereocenters. The minimum Gasteiger partial charge on any atom is -0.480 e. The molecule has 59 heavy (non-hydrogen) atoms. The predicted octanol–water partition coefficient (Wildman–Crippen LogP) is -3.41. The van der Waals surface area contributed by atoms with Crippen molar-refractivity contribution in [3.8, 4) is 0 Å². The number of carbonyl (C=O) groups excluding carboxylic acids is 8. The number of nitrogens with one attached hydrogen (secondary N) is 8. The van der Waals surface area contributed by atoms with Crippen LogP contribution < -0.4 is 54.4 Å². The van der Waals surface area contributed by atoms with Gasteiger partial charge < -0.3 is 64.5 Å². The summed E-state index contributed by atoms with van der Waals surface area (Å²) in [4.78, 5) is 120. The molecule has 1 rings (SSSR count). The van der Waals surface area contributed by atoms with Crippen molar-refractivity contribution >= 4 is 78.5 Å². The molecular weight excluding hydrogens is 813 g/mol. The molecule has 0 aliphatic carbocycles. The number of primary amides is 1. The fourth-order valence-corrected chi connectivity index (χ4v) is 5.05. The van der Waals surface area contributed by atoms with Gasteiger partial charge in [0.2, 0.25) is 47.3 Å². The number of H-pyrrole nitrogens is 1. The van der Waals surface area contributed by atoms with E-state index in [1.807, 2.05) is 0 Å². The monoisotopic (exact) mass is 876 g/mol. The van der Waals surface area contributed by atoms with E-state index in [1.165, 1.54) is 25.9 Å². The minimum atomic E-state index is -1.58. The van der Waals surface area contributed by atoms with Gasteiger partial charge in [0.15, 0.2) is 0 Å². The molecule has 0 saturated carbocycles. The van der Waals surface area contributed by atoms with Crippen LogP contribution in [0.5, 0.6) is 0 Å². The summed E-state index contributed by atoms with van der Waals surface area (Å²) >= 11 is 7.85. The number of amides is 8. The van der Waals surface area contributed by atoms with Crippen LogP contribution in [0.25, 0.3) is 0 Å². The van der Waals surface area contributed by atoms with Gasteiger partial charge in [-0.15, -0.1) is 0 Å². The minimum absolute atomic E-state index is 0. The third-order valence-corrected chi connectivity index (χ3v) is 8.51. The number of carboxylic acids is 1. The Morgan fingerprint density at radius 1 is 0.780 bits per heavy atom. The van der Waals surface area contributed by atoms with Crippen LogP contribution in [0.2, 0.25) is 0 Å². The first kappa shape index (κ1) is 56.2. The summed E-state index contributed by atoms with van der Waals surface area (Å²) in [5, 5.41) is 26.0. The Balaban J connectivity index is 0. The van der Waals surface area contributed by atoms with Crippen molar-refractivity contribution in [2.75, 3.05) is 24.6 Å². The molecular formula is C35H64N12O10S2. The molecule has 0 fully saturated rings. The average molecular weight is 877 g/mol. The Bertz CT molecular complexity index is 1520. The molecule has 1 aromatic heterocycles. The third kappa shape index (κ3) is 22.1. The Morgan fingerprint density at radius 3 is 1.81 bits per heavy atom. The van der Waals surface area contributed by atoms with E-state index in [-0.39, 0.29) is 38.3 Å². The van der Waals surface area contributed by atoms with E-state index < -0.39 is 114 Å². The van der Waals surface area contributed by atoms with Gasteiger partial charge in [0, 0.05) is 29.8 Å². The molecule has 1 heterocycles. The first-order valence-corrected chi connectivity index (χ1v) is 19.8. The Labute approximate surface area is 355 Å². The molecule has 0 saturated heterocycles. The van der Waals surface area contributed by atoms with Gasteiger partial charge in [0.25, 0.3) is 0 Å². The molecule has 1 unspecified atom stereocenters. The van der Waals surface area contributed by atoms with E-state index >= 15 is 0 Å². The van der Waals surface area contributed by atoms with Crippen LogP contribution in [0.1, 0.15) is 73.4 Å². The van der Waals surface area contributed by atoms with Gasteiger partial charge >= 0.3 is 5.97 Å². The zero-order valence-electron chi connectivity index (χ0n) is 33.3. The van der Waals surface area contributed by atoms with Gasteiger partial charge in [0.05, 0.1) is 25.3 Å². The quantitative estimate of drug-likeness (QED) is 0.0427. The van der Waals surface area contributed by atoms with Gasteiger partial charge in [-0.05, 0) is 32.2 Å². The zero-order valence-corrected chi connectivity index (χ0v) is 35.1. The average Bonchev–Trinajstić information content (AvgIpc) is 3.68. The lowest BCUT2D eigenvalue weighted by molar-refractivity contribution is -0.141. The van der Waals surface area contributed by atoms with Crippen LogP contribution in [-0.2, 0) is 49.6 Å². The van der Waals surface area contributed by atoms with E-state index in [9.17, 15) is 48.3 Å². The number of carbonyl (C=O) groups is 9. The number of thiol groups is 2. The number of hydrogen-bond donors (Lipinski definition) is 14. The number of nitrogens with zero attached hydrogens (tertiary/aromatic N) is 1. The summed E-state index contributed by atoms with van der Waals surface area (Å²) < 4.78 is 0. The smallest absolute Gasteiger partial charge is 0.327 e. The number of nitrogens with two attached hydrogens (primary N) is 3. The van der Waals surface area contributed by atoms with Crippen LogP contribution in [0.4, 0.5) is 0 Å². The number of aromatic nitrogens is 2. The summed E-state index contributed by atoms with van der Waals surface area (Å²) in [7, 11) is 0. The lowest BCUT2D eigenvalue weighted by atomic mass is 10.0. The second-order valence-corrected chi connectivity index (χ2v) is 14.1. The fraction of sp³-hybridized carbons (Fsp3) is 0.657. The molecule has 0 aliphatic rings. The van der Waals surface area contributed by atoms with Gasteiger partial charge in [-0.1, -0.05) is 41.5 Å². The van der Waals surface area contributed by atoms with Crippen molar-refractivity contribution in [3.63, 3.8) is 0 Å². The van der Waals surface area contributed by atoms with Crippen molar-refractivity contribution in [2.45, 2.75) is 116 Å². The Kier molecular flexibility index (Phi) is 28.7. The highest BCUT2D eigenvalue weighted by atomic mass is 32.1. The highest BCUT2D eigenvalue weighted by molar-refractivity contribution is 7.80. The maximum atomic E-state index is 13.4. The van der Waals surface area contributed by atoms with Crippen LogP contribution in [-0.4, -0.2) is 135 Å². The van der Waals surface area contributed by atoms with Crippen LogP contribution >= 0.6 is 25.3 Å². The molecule has 8 amide bonds. The second-order valence-electron chi connectivity index (χ2n) is 13.4. The predicted molar refractivity (Wildman–Crippen MR) is 226 cm³/mol. The van der Waals surface area contributed by atoms with Gasteiger partial charge in [-0.2, -0.15) is 25.3 Å². The largest absolute Gasteiger partial charge is 0.480 e. The van der Waals surface area contributed by atoms with Gasteiger partial charge in [-0.3, -0.25) is 38.4 Å². The SMILES string of the molecule is C.CC(C)C(NC(=O)CNC(=O)[C@H](C)NC(=O)[C@H](Cc1cnc[nH]1)NC(=O)[C@H](CCCN)NC(=O)[C@@H](N)CS)C(=O)N[C@@H](CC(N)=O)C(=O)N[C@@H](CS)C(=O)O.CCC. The molecule has 0 aliphatic heterocycles. The van der Waals surface area contributed by atoms with Gasteiger partial charge in [0.1, 0.15) is 36.3 Å². The summed E-state index contributed by atoms with van der Waals surface area (Å²) in [5.41, 5.74) is 17.0. The van der Waals surface area contributed by atoms with E-state index in [4.69, 9.17) is 17.2 Å². The number of carboxylic acid groups (broad SMARTS) is 1. The van der Waals surface area contributed by atoms with Crippen LogP contribution in [0.15, 0.2) is 12.5 Å². The maximum Gasteiger partial charge on any atom is 0.327 e. The first-order chi connectivity index (χ1) is 27.3. The third-order valence-electron chi connectivity index (χ3n) is 7.75. The molecule has 24 heteroatoms. The van der Waals surface area contributed by atoms with Crippen molar-refractivity contribution in [2.24, 2.45) is 23.1 Å². The molecule has 15 N–H and O–H groups in total. The van der Waals surface area contributed by atoms with E-state index in [1.54, 1.807) is 13.8 Å². The van der Waals surface area contributed by atoms with E-state index in [0.717, 1.165) is 0 Å². The molecule has 0 bridgehead atoms. The summed E-state index contributed by atoms with van der Waals surface area (Å²) in [6.45, 7) is 8.26. The molecule has 1 aromatic rings. The van der Waals surface area contributed by atoms with Gasteiger partial charge in [-0.25, -0.2) is 9.78 Å². The van der Waals surface area contributed by atoms with Crippen molar-refractivity contribution < 1.29 is 48.3 Å². The van der Waals surface area contributed by atoms with E-state index in [2.05, 4.69) is 86.3 Å². The van der Waals surface area contributed by atoms with Crippen LogP contribution in [0.3, 0.4) is 0 Å². The number of aromatic amines is 1. The standard InChI is InChI=1S/C31H52N12O10S2.C3H8.CH4/c1-14(2)24(30(51)41-20(8-22(34)44)29(50)42-21(12-55)31(52)53)43-23(45)10-36-25(46)15(3)38-28(49)19(7-16-9-35-13-37-16)40-27(48)18(5-4-6-32)39-26(47)17(33)11-54;1-3-2;/h9,13-15,17-21,24,54-55H,4-8,10-12,32-33H2,1-3H3,(H2,34,44)(H,35,37)(H,36,46)(H,38,49)(H,39,47)(H,40,48)(H,41,51)(H,42,50)(H,43,45)(H,52,53);3H2,1-2H3;1H4/t15-,17-,18-,19-,20-,21-,24?;;/m0../s1. The molecule has 0 aromatic carbocycles. The number of rotatable bonds is 25. The molecule has 336 valence electrons. The number of aliphatic carboxylic acids is 1. The number of hydrogen-bond acceptors (Lipinski definition) is 14. The molecule has 0 radical (unpaired) electrons. The number of imidazole rings is 1. The fourth-order valence-electron chi connectivity index (χ4n) is 4.64. The first-order valence-electron chi connectivity index (χ1n) is 18.5. The maximum absolute atomic E-state index is 13.4. The van der Waals surface area contributed by atoms with Crippen LogP contribution in [0, 0.1) is 5.92 Å². The second kappa shape index (κ2) is 30.2. The lowest BCUT2D eigenvalue weighted by Gasteiger charge is -2.26. The topological polar surface area (TPSA) is 365 Å². The summed E-state index contributed by atoms with van der Waals surface area (Å²) in [6, 6.07) is -8.89. The normalized spacial score (nSPS) is 14.1. The van der Waals surface area contributed by atoms with Crippen molar-refractivity contribution in [1.29, 1.82) is 0 Å². The Morgan fingerprint density at radius 2 is 1.32 bits per heavy atom. The Hall–Kier alpha value is -4.94. The summed E-state index contributed by atoms with van der Waals surface area (Å²) in [6.07, 6.45) is 3.77. The lowest BCUT2D eigenvalue weighted by Crippen LogP contribution is -2.59. The molecule has 0 spiro atoms. The van der Waals surface area contributed by atoms with Crippen molar-refractivity contribution in [3.05, 3.63) is 18.2 Å². The zero-order chi connectivity index (χ0) is 44.5. The summed E-state index contributed by atoms with van der Waals surface area (Å²) in [5.74, 6) is -8.96. The molecule has 22 nitrogen and oxygen atoms in total.